The fraction of sp³-hybridized carbons (Fsp3) is 0.0469. The number of benzene rings is 11. The van der Waals surface area contributed by atoms with Gasteiger partial charge in [-0.25, -0.2) is 9.98 Å². The van der Waals surface area contributed by atoms with Crippen LogP contribution < -0.4 is 0 Å². The zero-order chi connectivity index (χ0) is 46.0. The van der Waals surface area contributed by atoms with Gasteiger partial charge in [-0.2, -0.15) is 0 Å². The van der Waals surface area contributed by atoms with E-state index in [2.05, 4.69) is 218 Å². The maximum Gasteiger partial charge on any atom is 0.161 e. The Hall–Kier alpha value is -8.31. The molecule has 0 radical (unpaired) electrons. The van der Waals surface area contributed by atoms with Crippen LogP contribution in [0.3, 0.4) is 0 Å². The Morgan fingerprint density at radius 3 is 1.46 bits per heavy atom. The first-order chi connectivity index (χ1) is 33.7. The van der Waals surface area contributed by atoms with Crippen LogP contribution >= 0.6 is 11.3 Å². The lowest BCUT2D eigenvalue weighted by Crippen LogP contribution is -2.07. The maximum atomic E-state index is 5.25. The number of amidine groups is 2. The Bertz CT molecular complexity index is 3940. The average Bonchev–Trinajstić information content (AvgIpc) is 3.81. The molecule has 4 heteroatoms. The van der Waals surface area contributed by atoms with Gasteiger partial charge in [0.15, 0.2) is 11.7 Å². The first-order valence-corrected chi connectivity index (χ1v) is 24.1. The standard InChI is InChI=1S/C62H41N3S.C2H6/c1-63-61(55-31-13-18-41-16-2-4-25-49(41)55)65-62(56-32-14-19-42-17-3-5-26-50(42)56)64-39-40-15-10-20-43(35-40)44-21-11-22-45(36-44)46-23-12-24-47(37-46)48-33-34-58-57(38-48)59-53-29-8-6-27-51(53)52-28-7-9-30-54(52)60(59)66-58;1-2/h2-38H,1,39H2;1-2H3. The SMILES string of the molecule is C=NC(=NC(=NCc1cccc(-c2cccc(-c3cccc(-c4ccc5sc6c7ccccc7c7ccccc7c6c5c4)c3)c2)c1)c1cccc2ccccc12)c1cccc2ccccc12.CC. The van der Waals surface area contributed by atoms with Crippen LogP contribution in [0.2, 0.25) is 0 Å². The minimum absolute atomic E-state index is 0.438. The second-order valence-electron chi connectivity index (χ2n) is 16.8. The number of thiophene rings is 1. The highest BCUT2D eigenvalue weighted by molar-refractivity contribution is 7.27. The highest BCUT2D eigenvalue weighted by Gasteiger charge is 2.16. The second kappa shape index (κ2) is 18.5. The Balaban J connectivity index is 0.00000250. The van der Waals surface area contributed by atoms with E-state index < -0.39 is 0 Å². The number of fused-ring (bicyclic) bond motifs is 10. The van der Waals surface area contributed by atoms with E-state index in [1.165, 1.54) is 64.0 Å². The topological polar surface area (TPSA) is 37.1 Å². The first kappa shape index (κ1) is 42.3. The predicted octanol–water partition coefficient (Wildman–Crippen LogP) is 17.8. The molecule has 11 aromatic carbocycles. The van der Waals surface area contributed by atoms with Crippen LogP contribution in [0.25, 0.3) is 96.6 Å². The molecule has 0 saturated carbocycles. The van der Waals surface area contributed by atoms with Crippen molar-refractivity contribution < 1.29 is 0 Å². The molecule has 0 aliphatic heterocycles. The summed E-state index contributed by atoms with van der Waals surface area (Å²) < 4.78 is 2.66. The van der Waals surface area contributed by atoms with Crippen LogP contribution in [0.5, 0.6) is 0 Å². The van der Waals surface area contributed by atoms with Crippen molar-refractivity contribution in [2.75, 3.05) is 0 Å². The molecule has 1 heterocycles. The molecule has 0 N–H and O–H groups in total. The zero-order valence-electron chi connectivity index (χ0n) is 38.0. The third kappa shape index (κ3) is 7.85. The molecular formula is C64H47N3S. The van der Waals surface area contributed by atoms with E-state index in [0.717, 1.165) is 49.4 Å². The van der Waals surface area contributed by atoms with Crippen molar-refractivity contribution in [2.45, 2.75) is 20.4 Å². The second-order valence-corrected chi connectivity index (χ2v) is 17.8. The van der Waals surface area contributed by atoms with Crippen LogP contribution in [-0.4, -0.2) is 18.4 Å². The third-order valence-electron chi connectivity index (χ3n) is 12.8. The van der Waals surface area contributed by atoms with Gasteiger partial charge < -0.3 is 0 Å². The van der Waals surface area contributed by atoms with Crippen LogP contribution in [0.1, 0.15) is 30.5 Å². The number of hydrogen-bond donors (Lipinski definition) is 0. The molecule has 0 fully saturated rings. The van der Waals surface area contributed by atoms with Crippen LogP contribution in [0, 0.1) is 0 Å². The highest BCUT2D eigenvalue weighted by atomic mass is 32.1. The Labute approximate surface area is 400 Å². The van der Waals surface area contributed by atoms with Crippen LogP contribution in [0.4, 0.5) is 0 Å². The number of rotatable bonds is 7. The normalized spacial score (nSPS) is 12.0. The van der Waals surface area contributed by atoms with Crippen LogP contribution in [-0.2, 0) is 6.54 Å². The first-order valence-electron chi connectivity index (χ1n) is 23.3. The summed E-state index contributed by atoms with van der Waals surface area (Å²) in [6, 6.07) is 80.3. The van der Waals surface area contributed by atoms with Crippen molar-refractivity contribution in [3.8, 4) is 33.4 Å². The molecule has 0 spiro atoms. The van der Waals surface area contributed by atoms with E-state index in [1.54, 1.807) is 0 Å². The number of nitrogens with zero attached hydrogens (tertiary/aromatic N) is 3. The van der Waals surface area contributed by atoms with E-state index in [9.17, 15) is 0 Å². The Morgan fingerprint density at radius 2 is 0.853 bits per heavy atom. The maximum absolute atomic E-state index is 5.25. The summed E-state index contributed by atoms with van der Waals surface area (Å²) in [4.78, 5) is 14.9. The largest absolute Gasteiger partial charge is 0.261 e. The minimum atomic E-state index is 0.438. The lowest BCUT2D eigenvalue weighted by Gasteiger charge is -2.11. The molecule has 0 atom stereocenters. The molecule has 0 aliphatic rings. The summed E-state index contributed by atoms with van der Waals surface area (Å²) in [6.07, 6.45) is 0. The molecular weight excluding hydrogens is 843 g/mol. The van der Waals surface area contributed by atoms with Gasteiger partial charge in [0.2, 0.25) is 0 Å². The van der Waals surface area contributed by atoms with Gasteiger partial charge >= 0.3 is 0 Å². The fourth-order valence-corrected chi connectivity index (χ4v) is 10.9. The molecule has 0 amide bonds. The molecule has 0 unspecified atom stereocenters. The van der Waals surface area contributed by atoms with E-state index in [4.69, 9.17) is 9.98 Å². The number of aliphatic imine (C=N–C) groups is 3. The highest BCUT2D eigenvalue weighted by Crippen LogP contribution is 2.45. The van der Waals surface area contributed by atoms with E-state index in [0.29, 0.717) is 18.2 Å². The summed E-state index contributed by atoms with van der Waals surface area (Å²) in [5, 5.41) is 12.3. The fourth-order valence-electron chi connectivity index (χ4n) is 9.66. The lowest BCUT2D eigenvalue weighted by atomic mass is 9.94. The molecule has 68 heavy (non-hydrogen) atoms. The molecule has 324 valence electrons. The lowest BCUT2D eigenvalue weighted by molar-refractivity contribution is 1.06. The molecule has 3 nitrogen and oxygen atoms in total. The van der Waals surface area contributed by atoms with E-state index in [-0.39, 0.29) is 0 Å². The van der Waals surface area contributed by atoms with E-state index in [1.807, 2.05) is 43.4 Å². The van der Waals surface area contributed by atoms with Gasteiger partial charge in [0.25, 0.3) is 0 Å². The molecule has 0 aliphatic carbocycles. The summed E-state index contributed by atoms with van der Waals surface area (Å²) in [5.41, 5.74) is 10.00. The molecule has 1 aromatic heterocycles. The van der Waals surface area contributed by atoms with Crippen molar-refractivity contribution >= 4 is 93.0 Å². The smallest absolute Gasteiger partial charge is 0.161 e. The summed E-state index contributed by atoms with van der Waals surface area (Å²) in [7, 11) is 0. The summed E-state index contributed by atoms with van der Waals surface area (Å²) in [5.74, 6) is 1.15. The van der Waals surface area contributed by atoms with Gasteiger partial charge in [-0.15, -0.1) is 11.3 Å². The van der Waals surface area contributed by atoms with Crippen molar-refractivity contribution in [3.05, 3.63) is 241 Å². The summed E-state index contributed by atoms with van der Waals surface area (Å²) in [6.45, 7) is 8.40. The van der Waals surface area contributed by atoms with Gasteiger partial charge in [0.1, 0.15) is 0 Å². The molecule has 0 bridgehead atoms. The average molecular weight is 890 g/mol. The van der Waals surface area contributed by atoms with Gasteiger partial charge in [-0.05, 0) is 114 Å². The minimum Gasteiger partial charge on any atom is -0.261 e. The predicted molar refractivity (Wildman–Crippen MR) is 296 cm³/mol. The monoisotopic (exact) mass is 889 g/mol. The van der Waals surface area contributed by atoms with Gasteiger partial charge in [-0.3, -0.25) is 4.99 Å². The summed E-state index contributed by atoms with van der Waals surface area (Å²) >= 11 is 1.90. The van der Waals surface area contributed by atoms with Crippen molar-refractivity contribution in [2.24, 2.45) is 15.0 Å². The van der Waals surface area contributed by atoms with Crippen molar-refractivity contribution in [1.29, 1.82) is 0 Å². The number of hydrogen-bond acceptors (Lipinski definition) is 2. The van der Waals surface area contributed by atoms with E-state index >= 15 is 0 Å². The zero-order valence-corrected chi connectivity index (χ0v) is 38.8. The molecule has 12 aromatic rings. The van der Waals surface area contributed by atoms with Gasteiger partial charge in [-0.1, -0.05) is 208 Å². The van der Waals surface area contributed by atoms with Gasteiger partial charge in [0.05, 0.1) is 6.54 Å². The van der Waals surface area contributed by atoms with Crippen LogP contribution in [0.15, 0.2) is 239 Å². The van der Waals surface area contributed by atoms with Crippen molar-refractivity contribution in [3.63, 3.8) is 0 Å². The Kier molecular flexibility index (Phi) is 11.5. The molecule has 12 rings (SSSR count). The third-order valence-corrected chi connectivity index (χ3v) is 14.0. The van der Waals surface area contributed by atoms with Gasteiger partial charge in [0, 0.05) is 36.7 Å². The Morgan fingerprint density at radius 1 is 0.397 bits per heavy atom. The quantitative estimate of drug-likeness (QED) is 0.0869. The molecule has 0 saturated heterocycles. The van der Waals surface area contributed by atoms with Crippen molar-refractivity contribution in [1.82, 2.24) is 0 Å².